The van der Waals surface area contributed by atoms with E-state index in [4.69, 9.17) is 0 Å². The minimum atomic E-state index is -0.755. The third-order valence-electron chi connectivity index (χ3n) is 8.19. The number of aromatic amines is 1. The summed E-state index contributed by atoms with van der Waals surface area (Å²) in [4.78, 5) is 48.3. The number of carbonyl (C=O) groups is 3. The third kappa shape index (κ3) is 4.13. The standard InChI is InChI=1S/C28H38N4O3/c1-27(2,3)30-23(33)17-18-16-21(26(35)31-13-8-5-9-14-31)28(4)24-20(12-15-32(28)25(18)34)19-10-6-7-11-22(19)29-24/h6-7,10-11,18,21,29H,5,8-9,12-17H2,1-4H3,(H,30,33)/t18?,21-,28+/m1/s1. The van der Waals surface area contributed by atoms with Crippen LogP contribution in [0.1, 0.15) is 71.1 Å². The fourth-order valence-electron chi connectivity index (χ4n) is 6.56. The second-order valence-electron chi connectivity index (χ2n) is 11.8. The summed E-state index contributed by atoms with van der Waals surface area (Å²) >= 11 is 0. The zero-order valence-electron chi connectivity index (χ0n) is 21.4. The first-order chi connectivity index (χ1) is 16.6. The topological polar surface area (TPSA) is 85.5 Å². The van der Waals surface area contributed by atoms with Crippen LogP contribution in [0.15, 0.2) is 24.3 Å². The van der Waals surface area contributed by atoms with E-state index in [0.717, 1.165) is 50.0 Å². The second-order valence-corrected chi connectivity index (χ2v) is 11.8. The molecule has 0 spiro atoms. The van der Waals surface area contributed by atoms with E-state index in [2.05, 4.69) is 29.4 Å². The molecule has 3 atom stereocenters. The van der Waals surface area contributed by atoms with Crippen molar-refractivity contribution in [3.8, 4) is 0 Å². The molecule has 1 unspecified atom stereocenters. The van der Waals surface area contributed by atoms with Gasteiger partial charge in [0.1, 0.15) is 0 Å². The average molecular weight is 479 g/mol. The molecule has 4 heterocycles. The number of carbonyl (C=O) groups excluding carboxylic acids is 3. The molecule has 35 heavy (non-hydrogen) atoms. The average Bonchev–Trinajstić information content (AvgIpc) is 3.20. The lowest BCUT2D eigenvalue weighted by atomic mass is 9.67. The molecule has 1 aromatic heterocycles. The van der Waals surface area contributed by atoms with Gasteiger partial charge in [-0.05, 0) is 71.4 Å². The van der Waals surface area contributed by atoms with Gasteiger partial charge >= 0.3 is 0 Å². The van der Waals surface area contributed by atoms with Gasteiger partial charge in [-0.3, -0.25) is 14.4 Å². The summed E-state index contributed by atoms with van der Waals surface area (Å²) in [6.45, 7) is 9.99. The molecule has 2 aromatic rings. The van der Waals surface area contributed by atoms with Crippen molar-refractivity contribution >= 4 is 28.6 Å². The predicted molar refractivity (Wildman–Crippen MR) is 136 cm³/mol. The fraction of sp³-hybridized carbons (Fsp3) is 0.607. The van der Waals surface area contributed by atoms with Gasteiger partial charge in [-0.1, -0.05) is 18.2 Å². The van der Waals surface area contributed by atoms with Gasteiger partial charge in [-0.25, -0.2) is 0 Å². The van der Waals surface area contributed by atoms with Crippen LogP contribution < -0.4 is 5.32 Å². The number of amides is 3. The van der Waals surface area contributed by atoms with E-state index in [9.17, 15) is 14.4 Å². The van der Waals surface area contributed by atoms with Crippen molar-refractivity contribution in [3.05, 3.63) is 35.5 Å². The van der Waals surface area contributed by atoms with Crippen LogP contribution in [-0.2, 0) is 26.3 Å². The molecule has 0 saturated carbocycles. The Kier molecular flexibility index (Phi) is 5.93. The molecule has 2 saturated heterocycles. The highest BCUT2D eigenvalue weighted by Crippen LogP contribution is 2.50. The predicted octanol–water partition coefficient (Wildman–Crippen LogP) is 3.72. The van der Waals surface area contributed by atoms with E-state index in [-0.39, 0.29) is 29.7 Å². The van der Waals surface area contributed by atoms with E-state index >= 15 is 0 Å². The number of piperidine rings is 2. The Balaban J connectivity index is 1.55. The van der Waals surface area contributed by atoms with E-state index in [1.54, 1.807) is 0 Å². The van der Waals surface area contributed by atoms with E-state index < -0.39 is 17.4 Å². The van der Waals surface area contributed by atoms with Crippen molar-refractivity contribution in [3.63, 3.8) is 0 Å². The van der Waals surface area contributed by atoms with Gasteiger partial charge in [0.25, 0.3) is 0 Å². The zero-order chi connectivity index (χ0) is 25.0. The number of hydrogen-bond donors (Lipinski definition) is 2. The highest BCUT2D eigenvalue weighted by atomic mass is 16.2. The lowest BCUT2D eigenvalue weighted by Crippen LogP contribution is -2.64. The summed E-state index contributed by atoms with van der Waals surface area (Å²) in [7, 11) is 0. The van der Waals surface area contributed by atoms with Crippen molar-refractivity contribution in [1.82, 2.24) is 20.1 Å². The fourth-order valence-corrected chi connectivity index (χ4v) is 6.56. The number of H-pyrrole nitrogens is 1. The van der Waals surface area contributed by atoms with E-state index in [0.29, 0.717) is 13.0 Å². The molecular formula is C28H38N4O3. The molecule has 188 valence electrons. The molecular weight excluding hydrogens is 440 g/mol. The number of para-hydroxylation sites is 1. The van der Waals surface area contributed by atoms with Crippen molar-refractivity contribution in [2.24, 2.45) is 11.8 Å². The number of nitrogens with one attached hydrogen (secondary N) is 2. The van der Waals surface area contributed by atoms with Crippen molar-refractivity contribution in [2.75, 3.05) is 19.6 Å². The molecule has 7 nitrogen and oxygen atoms in total. The Labute approximate surface area is 207 Å². The van der Waals surface area contributed by atoms with Gasteiger partial charge in [0, 0.05) is 54.1 Å². The van der Waals surface area contributed by atoms with Crippen LogP contribution >= 0.6 is 0 Å². The molecule has 0 radical (unpaired) electrons. The van der Waals surface area contributed by atoms with Gasteiger partial charge in [0.2, 0.25) is 17.7 Å². The number of aromatic nitrogens is 1. The molecule has 5 rings (SSSR count). The maximum Gasteiger partial charge on any atom is 0.228 e. The highest BCUT2D eigenvalue weighted by molar-refractivity contribution is 5.93. The Morgan fingerprint density at radius 1 is 1.11 bits per heavy atom. The minimum Gasteiger partial charge on any atom is -0.356 e. The van der Waals surface area contributed by atoms with Crippen LogP contribution in [0.25, 0.3) is 10.9 Å². The van der Waals surface area contributed by atoms with Crippen molar-refractivity contribution in [2.45, 2.75) is 77.3 Å². The summed E-state index contributed by atoms with van der Waals surface area (Å²) in [6.07, 6.45) is 4.45. The number of fused-ring (bicyclic) bond motifs is 5. The first-order valence-corrected chi connectivity index (χ1v) is 13.1. The summed E-state index contributed by atoms with van der Waals surface area (Å²) in [5, 5.41) is 4.17. The van der Waals surface area contributed by atoms with Crippen LogP contribution in [0.4, 0.5) is 0 Å². The maximum absolute atomic E-state index is 14.1. The number of rotatable bonds is 3. The molecule has 3 aliphatic rings. The third-order valence-corrected chi connectivity index (χ3v) is 8.19. The van der Waals surface area contributed by atoms with Crippen LogP contribution in [0.5, 0.6) is 0 Å². The lowest BCUT2D eigenvalue weighted by Gasteiger charge is -2.54. The maximum atomic E-state index is 14.1. The second kappa shape index (κ2) is 8.68. The summed E-state index contributed by atoms with van der Waals surface area (Å²) in [5.41, 5.74) is 2.13. The van der Waals surface area contributed by atoms with E-state index in [1.165, 1.54) is 10.9 Å². The van der Waals surface area contributed by atoms with Gasteiger partial charge in [0.15, 0.2) is 0 Å². The van der Waals surface area contributed by atoms with Crippen LogP contribution in [0.2, 0.25) is 0 Å². The first-order valence-electron chi connectivity index (χ1n) is 13.1. The Morgan fingerprint density at radius 2 is 1.83 bits per heavy atom. The molecule has 0 bridgehead atoms. The molecule has 7 heteroatoms. The number of likely N-dealkylation sites (tertiary alicyclic amines) is 1. The minimum absolute atomic E-state index is 0.0106. The molecule has 0 aliphatic carbocycles. The van der Waals surface area contributed by atoms with E-state index in [1.807, 2.05) is 42.7 Å². The molecule has 2 fully saturated rings. The van der Waals surface area contributed by atoms with Gasteiger partial charge in [0.05, 0.1) is 11.5 Å². The quantitative estimate of drug-likeness (QED) is 0.705. The Hall–Kier alpha value is -2.83. The Bertz CT molecular complexity index is 1160. The number of benzene rings is 1. The number of hydrogen-bond acceptors (Lipinski definition) is 3. The summed E-state index contributed by atoms with van der Waals surface area (Å²) in [6, 6.07) is 8.23. The molecule has 3 amide bonds. The SMILES string of the molecule is CC(C)(C)NC(=O)CC1C[C@H](C(=O)N2CCCCC2)[C@@]2(C)c3[nH]c4ccccc4c3CCN2C1=O. The van der Waals surface area contributed by atoms with Crippen LogP contribution in [0, 0.1) is 11.8 Å². The van der Waals surface area contributed by atoms with Crippen LogP contribution in [0.3, 0.4) is 0 Å². The van der Waals surface area contributed by atoms with Gasteiger partial charge in [-0.2, -0.15) is 0 Å². The normalized spacial score (nSPS) is 26.9. The van der Waals surface area contributed by atoms with Crippen LogP contribution in [-0.4, -0.2) is 57.7 Å². The largest absolute Gasteiger partial charge is 0.356 e. The molecule has 2 N–H and O–H groups in total. The number of nitrogens with zero attached hydrogens (tertiary/aromatic N) is 2. The van der Waals surface area contributed by atoms with Gasteiger partial charge < -0.3 is 20.1 Å². The summed E-state index contributed by atoms with van der Waals surface area (Å²) < 4.78 is 0. The van der Waals surface area contributed by atoms with Crippen molar-refractivity contribution < 1.29 is 14.4 Å². The first kappa shape index (κ1) is 23.9. The molecule has 1 aromatic carbocycles. The monoisotopic (exact) mass is 478 g/mol. The summed E-state index contributed by atoms with van der Waals surface area (Å²) in [5.74, 6) is -0.902. The van der Waals surface area contributed by atoms with Gasteiger partial charge in [-0.15, -0.1) is 0 Å². The smallest absolute Gasteiger partial charge is 0.228 e. The Morgan fingerprint density at radius 3 is 2.54 bits per heavy atom. The lowest BCUT2D eigenvalue weighted by molar-refractivity contribution is -0.164. The molecule has 3 aliphatic heterocycles. The highest BCUT2D eigenvalue weighted by Gasteiger charge is 2.57. The van der Waals surface area contributed by atoms with Crippen molar-refractivity contribution in [1.29, 1.82) is 0 Å². The zero-order valence-corrected chi connectivity index (χ0v) is 21.4.